The zero-order chi connectivity index (χ0) is 53.6. The van der Waals surface area contributed by atoms with Gasteiger partial charge in [0.15, 0.2) is 0 Å². The van der Waals surface area contributed by atoms with Gasteiger partial charge >= 0.3 is 0 Å². The number of anilines is 11. The Morgan fingerprint density at radius 3 is 0.842 bits per heavy atom. The average molecular weight is 1010 g/mol. The third kappa shape index (κ3) is 10.6. The molecule has 388 valence electrons. The average Bonchev–Trinajstić information content (AvgIpc) is 3.45. The number of benzene rings is 8. The lowest BCUT2D eigenvalue weighted by Gasteiger charge is -2.37. The Hall–Kier alpha value is -8.76. The van der Waals surface area contributed by atoms with Crippen LogP contribution < -0.4 is 43.3 Å². The van der Waals surface area contributed by atoms with Gasteiger partial charge in [0.25, 0.3) is 0 Å². The molecule has 0 heterocycles. The van der Waals surface area contributed by atoms with E-state index in [2.05, 4.69) is 176 Å². The van der Waals surface area contributed by atoms with Crippen LogP contribution >= 0.6 is 0 Å². The molecule has 10 heteroatoms. The zero-order valence-corrected chi connectivity index (χ0v) is 45.8. The molecule has 0 bridgehead atoms. The number of hydrogen-bond donors (Lipinski definition) is 0. The highest BCUT2D eigenvalue weighted by Gasteiger charge is 2.28. The fourth-order valence-corrected chi connectivity index (χ4v) is 10.2. The van der Waals surface area contributed by atoms with Gasteiger partial charge in [-0.1, -0.05) is 6.08 Å². The van der Waals surface area contributed by atoms with Crippen LogP contribution in [0, 0.1) is 41.5 Å². The van der Waals surface area contributed by atoms with Gasteiger partial charge in [0.2, 0.25) is 0 Å². The van der Waals surface area contributed by atoms with E-state index in [1.54, 1.807) is 42.7 Å². The summed E-state index contributed by atoms with van der Waals surface area (Å²) in [5.41, 5.74) is 18.1. The van der Waals surface area contributed by atoms with Crippen LogP contribution in [0.2, 0.25) is 0 Å². The highest BCUT2D eigenvalue weighted by atomic mass is 16.5. The first-order valence-electron chi connectivity index (χ1n) is 25.5. The molecule has 0 amide bonds. The molecule has 0 saturated carbocycles. The number of nitrogens with zero attached hydrogens (tertiary/aromatic N) is 4. The Balaban J connectivity index is 1.24. The van der Waals surface area contributed by atoms with Crippen LogP contribution in [0.25, 0.3) is 0 Å². The van der Waals surface area contributed by atoms with Crippen molar-refractivity contribution in [3.05, 3.63) is 215 Å². The van der Waals surface area contributed by atoms with E-state index < -0.39 is 0 Å². The van der Waals surface area contributed by atoms with E-state index >= 15 is 0 Å². The summed E-state index contributed by atoms with van der Waals surface area (Å²) >= 11 is 0. The normalized spacial score (nSPS) is 12.8. The van der Waals surface area contributed by atoms with Crippen molar-refractivity contribution in [1.82, 2.24) is 0 Å². The first kappa shape index (κ1) is 52.1. The van der Waals surface area contributed by atoms with Crippen molar-refractivity contribution in [2.75, 3.05) is 62.3 Å². The van der Waals surface area contributed by atoms with Crippen LogP contribution in [0.4, 0.5) is 62.6 Å². The molecular weight excluding hydrogens is 945 g/mol. The maximum Gasteiger partial charge on any atom is 0.119 e. The van der Waals surface area contributed by atoms with Gasteiger partial charge in [0.05, 0.1) is 48.7 Å². The molecule has 1 atom stereocenters. The second kappa shape index (κ2) is 22.8. The van der Waals surface area contributed by atoms with Gasteiger partial charge in [0.1, 0.15) is 34.5 Å². The first-order chi connectivity index (χ1) is 36.9. The van der Waals surface area contributed by atoms with E-state index in [1.165, 1.54) is 0 Å². The quantitative estimate of drug-likeness (QED) is 0.0830. The van der Waals surface area contributed by atoms with Crippen molar-refractivity contribution in [2.24, 2.45) is 0 Å². The van der Waals surface area contributed by atoms with E-state index in [0.717, 1.165) is 137 Å². The topological polar surface area (TPSA) is 68.3 Å². The summed E-state index contributed by atoms with van der Waals surface area (Å²) in [6.07, 6.45) is 7.25. The number of aryl methyl sites for hydroxylation is 6. The molecule has 76 heavy (non-hydrogen) atoms. The SMILES string of the molecule is COC1=CCC(N(c2ccc(OC)cc2)c2cc(C)c(N(c3cc(C)c(N(c4ccc(OC)cc4)c4ccc(OC)cc4)cc3C)c3cc(C)c(N(c4ccc(OC)cc4)c4ccc(OC)cc4)cc3C)cc2C)C=C1. The summed E-state index contributed by atoms with van der Waals surface area (Å²) in [5, 5.41) is 0. The monoisotopic (exact) mass is 1010 g/mol. The Kier molecular flexibility index (Phi) is 15.6. The summed E-state index contributed by atoms with van der Waals surface area (Å²) in [7, 11) is 10.2. The number of hydrogen-bond acceptors (Lipinski definition) is 10. The lowest BCUT2D eigenvalue weighted by Crippen LogP contribution is -2.31. The van der Waals surface area contributed by atoms with Gasteiger partial charge in [-0.3, -0.25) is 0 Å². The fourth-order valence-electron chi connectivity index (χ4n) is 10.2. The molecule has 1 unspecified atom stereocenters. The molecule has 1 aliphatic carbocycles. The number of ether oxygens (including phenoxy) is 6. The fraction of sp³-hybridized carbons (Fsp3) is 0.212. The van der Waals surface area contributed by atoms with Gasteiger partial charge in [-0.15, -0.1) is 0 Å². The second-order valence-corrected chi connectivity index (χ2v) is 19.1. The van der Waals surface area contributed by atoms with Crippen molar-refractivity contribution < 1.29 is 28.4 Å². The minimum Gasteiger partial charge on any atom is -0.497 e. The molecule has 0 spiro atoms. The predicted molar refractivity (Wildman–Crippen MR) is 313 cm³/mol. The largest absolute Gasteiger partial charge is 0.497 e. The second-order valence-electron chi connectivity index (χ2n) is 19.1. The molecule has 0 aliphatic heterocycles. The molecule has 0 fully saturated rings. The van der Waals surface area contributed by atoms with Crippen LogP contribution in [-0.4, -0.2) is 48.7 Å². The van der Waals surface area contributed by atoms with Gasteiger partial charge in [-0.2, -0.15) is 0 Å². The summed E-state index contributed by atoms with van der Waals surface area (Å²) in [5.74, 6) is 4.85. The predicted octanol–water partition coefficient (Wildman–Crippen LogP) is 17.0. The van der Waals surface area contributed by atoms with Crippen LogP contribution in [0.1, 0.15) is 39.8 Å². The highest BCUT2D eigenvalue weighted by molar-refractivity contribution is 5.90. The van der Waals surface area contributed by atoms with Gasteiger partial charge in [-0.25, -0.2) is 0 Å². The summed E-state index contributed by atoms with van der Waals surface area (Å²) in [6, 6.07) is 55.3. The van der Waals surface area contributed by atoms with E-state index in [0.29, 0.717) is 0 Å². The Bertz CT molecular complexity index is 3120. The maximum absolute atomic E-state index is 5.64. The molecule has 1 aliphatic rings. The summed E-state index contributed by atoms with van der Waals surface area (Å²) in [6.45, 7) is 13.3. The van der Waals surface area contributed by atoms with Gasteiger partial charge in [0, 0.05) is 62.6 Å². The molecule has 8 aromatic carbocycles. The lowest BCUT2D eigenvalue weighted by molar-refractivity contribution is 0.303. The maximum atomic E-state index is 5.64. The smallest absolute Gasteiger partial charge is 0.119 e. The number of allylic oxidation sites excluding steroid dienone is 1. The minimum atomic E-state index is 0.0425. The Morgan fingerprint density at radius 2 is 0.579 bits per heavy atom. The lowest BCUT2D eigenvalue weighted by atomic mass is 9.97. The van der Waals surface area contributed by atoms with Crippen molar-refractivity contribution in [3.8, 4) is 28.7 Å². The van der Waals surface area contributed by atoms with Gasteiger partial charge in [-0.05, 0) is 251 Å². The molecule has 0 aromatic heterocycles. The van der Waals surface area contributed by atoms with Crippen LogP contribution in [0.3, 0.4) is 0 Å². The summed E-state index contributed by atoms with van der Waals surface area (Å²) in [4.78, 5) is 9.50. The molecular formula is C66H68N4O6. The first-order valence-corrected chi connectivity index (χ1v) is 25.5. The number of methoxy groups -OCH3 is 6. The highest BCUT2D eigenvalue weighted by Crippen LogP contribution is 2.49. The van der Waals surface area contributed by atoms with Gasteiger partial charge < -0.3 is 48.0 Å². The van der Waals surface area contributed by atoms with Crippen molar-refractivity contribution >= 4 is 62.6 Å². The van der Waals surface area contributed by atoms with Crippen LogP contribution in [0.5, 0.6) is 28.7 Å². The van der Waals surface area contributed by atoms with E-state index in [9.17, 15) is 0 Å². The molecule has 10 nitrogen and oxygen atoms in total. The molecule has 9 rings (SSSR count). The van der Waals surface area contributed by atoms with E-state index in [-0.39, 0.29) is 6.04 Å². The third-order valence-electron chi connectivity index (χ3n) is 14.3. The molecule has 0 saturated heterocycles. The van der Waals surface area contributed by atoms with Crippen molar-refractivity contribution in [2.45, 2.75) is 54.0 Å². The standard InChI is InChI=1S/C66H68N4O6/c1-43-40-64(46(4)37-61(43)67(49-13-25-55(71-7)26-14-49)50-15-27-56(72-8)28-16-50)70(65-41-44(2)62(38-47(65)5)68(51-17-29-57(73-9)30-18-51)52-19-31-58(74-10)32-20-52)66-42-45(3)63(39-48(66)6)69(53-21-33-59(75-11)34-22-53)54-23-35-60(76-12)36-24-54/h13-23,25-42,54H,24H2,1-12H3. The summed E-state index contributed by atoms with van der Waals surface area (Å²) < 4.78 is 33.6. The third-order valence-corrected chi connectivity index (χ3v) is 14.3. The van der Waals surface area contributed by atoms with Crippen LogP contribution in [0.15, 0.2) is 182 Å². The van der Waals surface area contributed by atoms with E-state index in [1.807, 2.05) is 60.7 Å². The number of rotatable bonds is 18. The molecule has 8 aromatic rings. The molecule has 0 radical (unpaired) electrons. The minimum absolute atomic E-state index is 0.0425. The molecule has 0 N–H and O–H groups in total. The van der Waals surface area contributed by atoms with E-state index in [4.69, 9.17) is 28.4 Å². The van der Waals surface area contributed by atoms with Crippen molar-refractivity contribution in [3.63, 3.8) is 0 Å². The van der Waals surface area contributed by atoms with Crippen LogP contribution in [-0.2, 0) is 4.74 Å². The Morgan fingerprint density at radius 1 is 0.316 bits per heavy atom. The van der Waals surface area contributed by atoms with Crippen molar-refractivity contribution in [1.29, 1.82) is 0 Å². The Labute approximate surface area is 449 Å². The zero-order valence-electron chi connectivity index (χ0n) is 45.8.